The minimum atomic E-state index is -0.782. The van der Waals surface area contributed by atoms with Gasteiger partial charge in [-0.3, -0.25) is 15.1 Å². The van der Waals surface area contributed by atoms with Gasteiger partial charge in [0.1, 0.15) is 5.54 Å². The predicted molar refractivity (Wildman–Crippen MR) is 122 cm³/mol. The van der Waals surface area contributed by atoms with E-state index in [0.29, 0.717) is 5.92 Å². The van der Waals surface area contributed by atoms with Crippen molar-refractivity contribution in [2.24, 2.45) is 22.7 Å². The molecule has 2 heterocycles. The Morgan fingerprint density at radius 2 is 1.89 bits per heavy atom. The normalized spacial score (nSPS) is 31.8. The molecular formula is C20H36IN5O2. The Bertz CT molecular complexity index is 591. The molecule has 2 aliphatic heterocycles. The molecule has 0 radical (unpaired) electrons. The maximum Gasteiger partial charge on any atom is 0.322 e. The summed E-state index contributed by atoms with van der Waals surface area (Å²) in [5.41, 5.74) is -0.782. The molecule has 8 heteroatoms. The van der Waals surface area contributed by atoms with Gasteiger partial charge in [0.15, 0.2) is 5.96 Å². The number of carbonyl (C=O) groups excluding carboxylic acids is 2. The maximum absolute atomic E-state index is 12.2. The van der Waals surface area contributed by atoms with Crippen LogP contribution in [0.2, 0.25) is 0 Å². The van der Waals surface area contributed by atoms with Crippen molar-refractivity contribution in [1.29, 1.82) is 0 Å². The number of urea groups is 1. The Hall–Kier alpha value is -1.06. The third-order valence-corrected chi connectivity index (χ3v) is 6.78. The van der Waals surface area contributed by atoms with Crippen molar-refractivity contribution in [2.75, 3.05) is 26.2 Å². The number of carbonyl (C=O) groups is 2. The molecule has 3 unspecified atom stereocenters. The highest BCUT2D eigenvalue weighted by atomic mass is 127. The molecule has 3 N–H and O–H groups in total. The van der Waals surface area contributed by atoms with Gasteiger partial charge in [0.05, 0.1) is 0 Å². The van der Waals surface area contributed by atoms with E-state index in [1.807, 2.05) is 6.92 Å². The molecule has 0 aromatic rings. The highest BCUT2D eigenvalue weighted by Gasteiger charge is 2.48. The van der Waals surface area contributed by atoms with Gasteiger partial charge >= 0.3 is 6.03 Å². The fourth-order valence-electron chi connectivity index (χ4n) is 4.81. The van der Waals surface area contributed by atoms with Gasteiger partial charge in [-0.2, -0.15) is 0 Å². The van der Waals surface area contributed by atoms with E-state index in [1.165, 1.54) is 25.7 Å². The van der Waals surface area contributed by atoms with Crippen LogP contribution < -0.4 is 16.0 Å². The fraction of sp³-hybridized carbons (Fsp3) is 0.850. The molecule has 1 aliphatic carbocycles. The van der Waals surface area contributed by atoms with Crippen molar-refractivity contribution < 1.29 is 9.59 Å². The SMILES string of the molecule is CCNC(=NCC1CCCCC1C)N1CCC(C2(C)NC(=O)NC2=O)CC1.I. The molecular weight excluding hydrogens is 469 g/mol. The summed E-state index contributed by atoms with van der Waals surface area (Å²) in [6.45, 7) is 9.78. The van der Waals surface area contributed by atoms with Gasteiger partial charge in [-0.25, -0.2) is 4.79 Å². The molecule has 0 spiro atoms. The Kier molecular flexibility index (Phi) is 8.39. The Morgan fingerprint density at radius 3 is 2.46 bits per heavy atom. The Labute approximate surface area is 185 Å². The predicted octanol–water partition coefficient (Wildman–Crippen LogP) is 2.71. The second-order valence-electron chi connectivity index (χ2n) is 8.59. The van der Waals surface area contributed by atoms with Crippen molar-refractivity contribution in [3.05, 3.63) is 0 Å². The summed E-state index contributed by atoms with van der Waals surface area (Å²) in [6.07, 6.45) is 7.05. The number of nitrogens with one attached hydrogen (secondary N) is 3. The zero-order valence-corrected chi connectivity index (χ0v) is 19.8. The van der Waals surface area contributed by atoms with Gasteiger partial charge in [-0.1, -0.05) is 26.2 Å². The van der Waals surface area contributed by atoms with Crippen LogP contribution in [-0.4, -0.2) is 54.5 Å². The zero-order chi connectivity index (χ0) is 19.4. The van der Waals surface area contributed by atoms with Crippen LogP contribution in [0.3, 0.4) is 0 Å². The quantitative estimate of drug-likeness (QED) is 0.238. The minimum Gasteiger partial charge on any atom is -0.357 e. The lowest BCUT2D eigenvalue weighted by atomic mass is 9.79. The van der Waals surface area contributed by atoms with Crippen molar-refractivity contribution in [3.63, 3.8) is 0 Å². The number of halogens is 1. The summed E-state index contributed by atoms with van der Waals surface area (Å²) >= 11 is 0. The number of nitrogens with zero attached hydrogens (tertiary/aromatic N) is 2. The number of likely N-dealkylation sites (tertiary alicyclic amines) is 1. The largest absolute Gasteiger partial charge is 0.357 e. The van der Waals surface area contributed by atoms with E-state index < -0.39 is 5.54 Å². The van der Waals surface area contributed by atoms with Crippen LogP contribution in [0.5, 0.6) is 0 Å². The van der Waals surface area contributed by atoms with Gasteiger partial charge < -0.3 is 15.5 Å². The summed E-state index contributed by atoms with van der Waals surface area (Å²) in [7, 11) is 0. The maximum atomic E-state index is 12.2. The highest BCUT2D eigenvalue weighted by Crippen LogP contribution is 2.31. The van der Waals surface area contributed by atoms with Crippen LogP contribution in [-0.2, 0) is 4.79 Å². The lowest BCUT2D eigenvalue weighted by molar-refractivity contribution is -0.125. The average Bonchev–Trinajstić information content (AvgIpc) is 2.93. The van der Waals surface area contributed by atoms with E-state index in [0.717, 1.165) is 50.9 Å². The Balaban J connectivity index is 0.00000280. The van der Waals surface area contributed by atoms with Crippen LogP contribution in [0.25, 0.3) is 0 Å². The Morgan fingerprint density at radius 1 is 1.21 bits per heavy atom. The third kappa shape index (κ3) is 5.10. The molecule has 3 amide bonds. The van der Waals surface area contributed by atoms with E-state index in [-0.39, 0.29) is 41.8 Å². The van der Waals surface area contributed by atoms with Gasteiger partial charge in [0, 0.05) is 26.2 Å². The lowest BCUT2D eigenvalue weighted by Crippen LogP contribution is -2.55. The molecule has 2 saturated heterocycles. The van der Waals surface area contributed by atoms with E-state index in [9.17, 15) is 9.59 Å². The van der Waals surface area contributed by atoms with Gasteiger partial charge in [-0.05, 0) is 50.9 Å². The summed E-state index contributed by atoms with van der Waals surface area (Å²) in [6, 6.07) is -0.374. The summed E-state index contributed by atoms with van der Waals surface area (Å²) in [5, 5.41) is 8.65. The monoisotopic (exact) mass is 505 g/mol. The van der Waals surface area contributed by atoms with Crippen molar-refractivity contribution in [2.45, 2.75) is 64.8 Å². The molecule has 0 aromatic carbocycles. The van der Waals surface area contributed by atoms with Crippen LogP contribution >= 0.6 is 24.0 Å². The topological polar surface area (TPSA) is 85.8 Å². The number of amides is 3. The summed E-state index contributed by atoms with van der Waals surface area (Å²) in [5.74, 6) is 2.42. The standard InChI is InChI=1S/C20H35N5O2.HI/c1-4-21-18(22-13-15-8-6-5-7-14(15)2)25-11-9-16(10-12-25)20(3)17(26)23-19(27)24-20;/h14-16H,4-13H2,1-3H3,(H,21,22)(H2,23,24,26,27);1H. The van der Waals surface area contributed by atoms with E-state index in [4.69, 9.17) is 4.99 Å². The first-order chi connectivity index (χ1) is 12.9. The molecule has 28 heavy (non-hydrogen) atoms. The van der Waals surface area contributed by atoms with Gasteiger partial charge in [-0.15, -0.1) is 24.0 Å². The number of hydrogen-bond acceptors (Lipinski definition) is 3. The smallest absolute Gasteiger partial charge is 0.322 e. The molecule has 3 aliphatic rings. The second-order valence-corrected chi connectivity index (χ2v) is 8.59. The van der Waals surface area contributed by atoms with E-state index >= 15 is 0 Å². The molecule has 1 saturated carbocycles. The molecule has 160 valence electrons. The molecule has 7 nitrogen and oxygen atoms in total. The van der Waals surface area contributed by atoms with Crippen molar-refractivity contribution >= 4 is 41.9 Å². The first-order valence-corrected chi connectivity index (χ1v) is 10.6. The summed E-state index contributed by atoms with van der Waals surface area (Å²) < 4.78 is 0. The number of aliphatic imine (C=N–C) groups is 1. The van der Waals surface area contributed by atoms with Gasteiger partial charge in [0.2, 0.25) is 0 Å². The van der Waals surface area contributed by atoms with Crippen LogP contribution in [0.4, 0.5) is 4.79 Å². The molecule has 0 aromatic heterocycles. The molecule has 3 atom stereocenters. The number of rotatable bonds is 4. The fourth-order valence-corrected chi connectivity index (χ4v) is 4.81. The molecule has 3 rings (SSSR count). The number of hydrogen-bond donors (Lipinski definition) is 3. The van der Waals surface area contributed by atoms with Gasteiger partial charge in [0.25, 0.3) is 5.91 Å². The first kappa shape index (κ1) is 23.2. The molecule has 0 bridgehead atoms. The third-order valence-electron chi connectivity index (χ3n) is 6.78. The number of piperidine rings is 1. The molecule has 3 fully saturated rings. The van der Waals surface area contributed by atoms with Crippen LogP contribution in [0.1, 0.15) is 59.3 Å². The van der Waals surface area contributed by atoms with Crippen molar-refractivity contribution in [3.8, 4) is 0 Å². The van der Waals surface area contributed by atoms with E-state index in [2.05, 4.69) is 34.7 Å². The van der Waals surface area contributed by atoms with Crippen LogP contribution in [0, 0.1) is 17.8 Å². The lowest BCUT2D eigenvalue weighted by Gasteiger charge is -2.40. The average molecular weight is 505 g/mol. The number of guanidine groups is 1. The van der Waals surface area contributed by atoms with Crippen LogP contribution in [0.15, 0.2) is 4.99 Å². The summed E-state index contributed by atoms with van der Waals surface area (Å²) in [4.78, 5) is 31.0. The highest BCUT2D eigenvalue weighted by molar-refractivity contribution is 14.0. The van der Waals surface area contributed by atoms with E-state index in [1.54, 1.807) is 0 Å². The zero-order valence-electron chi connectivity index (χ0n) is 17.4. The number of imide groups is 1. The van der Waals surface area contributed by atoms with Crippen molar-refractivity contribution in [1.82, 2.24) is 20.9 Å². The first-order valence-electron chi connectivity index (χ1n) is 10.6. The minimum absolute atomic E-state index is 0. The second kappa shape index (κ2) is 10.1.